The van der Waals surface area contributed by atoms with Gasteiger partial charge in [0, 0.05) is 18.3 Å². The molecular weight excluding hydrogens is 220 g/mol. The second-order valence-corrected chi connectivity index (χ2v) is 6.26. The standard InChI is InChI=1S/C12H18F4/c1-8(2)11(9(3,13)14)4-10(5-11)6-12(15,16)7-10/h8H,4-7H2,1-3H3. The first-order chi connectivity index (χ1) is 7.02. The molecule has 2 aliphatic rings. The van der Waals surface area contributed by atoms with Crippen molar-refractivity contribution in [2.75, 3.05) is 0 Å². The minimum Gasteiger partial charge on any atom is -0.207 e. The highest BCUT2D eigenvalue weighted by Gasteiger charge is 2.72. The lowest BCUT2D eigenvalue weighted by molar-refractivity contribution is -0.293. The SMILES string of the molecule is CC(C)C1(C(C)(F)F)CC2(CC(F)(F)C2)C1. The van der Waals surface area contributed by atoms with Crippen molar-refractivity contribution in [3.8, 4) is 0 Å². The lowest BCUT2D eigenvalue weighted by atomic mass is 9.40. The van der Waals surface area contributed by atoms with Crippen molar-refractivity contribution in [3.63, 3.8) is 0 Å². The van der Waals surface area contributed by atoms with Gasteiger partial charge in [-0.2, -0.15) is 0 Å². The van der Waals surface area contributed by atoms with Gasteiger partial charge in [-0.3, -0.25) is 0 Å². The lowest BCUT2D eigenvalue weighted by Crippen LogP contribution is -2.64. The number of hydrogen-bond acceptors (Lipinski definition) is 0. The maximum absolute atomic E-state index is 13.6. The molecule has 2 fully saturated rings. The van der Waals surface area contributed by atoms with Gasteiger partial charge in [0.15, 0.2) is 0 Å². The fraction of sp³-hybridized carbons (Fsp3) is 1.00. The van der Waals surface area contributed by atoms with Crippen molar-refractivity contribution in [1.82, 2.24) is 0 Å². The van der Waals surface area contributed by atoms with Crippen molar-refractivity contribution >= 4 is 0 Å². The van der Waals surface area contributed by atoms with Crippen LogP contribution in [-0.2, 0) is 0 Å². The van der Waals surface area contributed by atoms with Crippen molar-refractivity contribution in [1.29, 1.82) is 0 Å². The fourth-order valence-electron chi connectivity index (χ4n) is 3.81. The molecule has 0 aliphatic heterocycles. The summed E-state index contributed by atoms with van der Waals surface area (Å²) >= 11 is 0. The van der Waals surface area contributed by atoms with E-state index in [0.29, 0.717) is 0 Å². The van der Waals surface area contributed by atoms with Crippen LogP contribution < -0.4 is 0 Å². The Labute approximate surface area is 93.4 Å². The number of hydrogen-bond donors (Lipinski definition) is 0. The van der Waals surface area contributed by atoms with E-state index in [2.05, 4.69) is 0 Å². The van der Waals surface area contributed by atoms with E-state index in [-0.39, 0.29) is 31.6 Å². The molecule has 94 valence electrons. The summed E-state index contributed by atoms with van der Waals surface area (Å²) in [5, 5.41) is 0. The Morgan fingerprint density at radius 1 is 1.00 bits per heavy atom. The molecule has 0 atom stereocenters. The Kier molecular flexibility index (Phi) is 2.24. The molecule has 2 rings (SSSR count). The van der Waals surface area contributed by atoms with Gasteiger partial charge in [-0.05, 0) is 31.1 Å². The van der Waals surface area contributed by atoms with Gasteiger partial charge in [0.25, 0.3) is 5.92 Å². The highest BCUT2D eigenvalue weighted by atomic mass is 19.3. The van der Waals surface area contributed by atoms with Crippen LogP contribution in [0.4, 0.5) is 17.6 Å². The van der Waals surface area contributed by atoms with E-state index in [1.54, 1.807) is 13.8 Å². The number of rotatable bonds is 2. The average Bonchev–Trinajstić information content (AvgIpc) is 1.90. The van der Waals surface area contributed by atoms with Gasteiger partial charge < -0.3 is 0 Å². The molecule has 0 unspecified atom stereocenters. The van der Waals surface area contributed by atoms with Gasteiger partial charge in [0.1, 0.15) is 0 Å². The first-order valence-corrected chi connectivity index (χ1v) is 5.78. The summed E-state index contributed by atoms with van der Waals surface area (Å²) in [4.78, 5) is 0. The van der Waals surface area contributed by atoms with E-state index < -0.39 is 22.7 Å². The second-order valence-electron chi connectivity index (χ2n) is 6.26. The molecule has 0 saturated heterocycles. The van der Waals surface area contributed by atoms with Crippen molar-refractivity contribution < 1.29 is 17.6 Å². The highest BCUT2D eigenvalue weighted by molar-refractivity contribution is 5.16. The largest absolute Gasteiger partial charge is 0.251 e. The van der Waals surface area contributed by atoms with Crippen molar-refractivity contribution in [2.45, 2.75) is 58.3 Å². The minimum absolute atomic E-state index is 0.160. The van der Waals surface area contributed by atoms with Gasteiger partial charge in [-0.1, -0.05) is 13.8 Å². The number of alkyl halides is 4. The summed E-state index contributed by atoms with van der Waals surface area (Å²) in [5.41, 5.74) is -1.53. The molecule has 2 aliphatic carbocycles. The second kappa shape index (κ2) is 2.94. The van der Waals surface area contributed by atoms with E-state index in [0.717, 1.165) is 6.92 Å². The Balaban J connectivity index is 2.09. The van der Waals surface area contributed by atoms with Gasteiger partial charge in [0.2, 0.25) is 5.92 Å². The van der Waals surface area contributed by atoms with Crippen LogP contribution in [0.15, 0.2) is 0 Å². The molecule has 0 N–H and O–H groups in total. The van der Waals surface area contributed by atoms with Crippen LogP contribution >= 0.6 is 0 Å². The summed E-state index contributed by atoms with van der Waals surface area (Å²) in [5.74, 6) is -5.53. The van der Waals surface area contributed by atoms with Gasteiger partial charge in [0.05, 0.1) is 0 Å². The van der Waals surface area contributed by atoms with Crippen LogP contribution in [0.25, 0.3) is 0 Å². The Bertz CT molecular complexity index is 285. The van der Waals surface area contributed by atoms with E-state index in [4.69, 9.17) is 0 Å². The first kappa shape index (κ1) is 12.2. The average molecular weight is 238 g/mol. The van der Waals surface area contributed by atoms with Crippen LogP contribution in [0.5, 0.6) is 0 Å². The molecule has 0 heterocycles. The Hall–Kier alpha value is -0.280. The molecule has 4 heteroatoms. The maximum Gasteiger partial charge on any atom is 0.251 e. The summed E-state index contributed by atoms with van der Waals surface area (Å²) < 4.78 is 52.8. The Morgan fingerprint density at radius 2 is 1.44 bits per heavy atom. The summed E-state index contributed by atoms with van der Waals surface area (Å²) in [6.45, 7) is 4.46. The molecule has 0 radical (unpaired) electrons. The minimum atomic E-state index is -2.77. The van der Waals surface area contributed by atoms with Crippen molar-refractivity contribution in [2.24, 2.45) is 16.7 Å². The summed E-state index contributed by atoms with van der Waals surface area (Å²) in [6, 6.07) is 0. The Morgan fingerprint density at radius 3 is 1.69 bits per heavy atom. The van der Waals surface area contributed by atoms with Gasteiger partial charge in [-0.25, -0.2) is 17.6 Å². The predicted octanol–water partition coefficient (Wildman–Crippen LogP) is 4.49. The highest BCUT2D eigenvalue weighted by Crippen LogP contribution is 2.73. The monoisotopic (exact) mass is 238 g/mol. The smallest absolute Gasteiger partial charge is 0.207 e. The molecule has 16 heavy (non-hydrogen) atoms. The quantitative estimate of drug-likeness (QED) is 0.621. The molecule has 0 bridgehead atoms. The van der Waals surface area contributed by atoms with E-state index >= 15 is 0 Å². The molecule has 0 aromatic heterocycles. The summed E-state index contributed by atoms with van der Waals surface area (Å²) in [7, 11) is 0. The maximum atomic E-state index is 13.6. The molecule has 0 aromatic carbocycles. The fourth-order valence-corrected chi connectivity index (χ4v) is 3.81. The molecule has 0 nitrogen and oxygen atoms in total. The van der Waals surface area contributed by atoms with Crippen LogP contribution in [0.1, 0.15) is 46.5 Å². The molecular formula is C12H18F4. The molecule has 0 amide bonds. The zero-order valence-electron chi connectivity index (χ0n) is 9.92. The first-order valence-electron chi connectivity index (χ1n) is 5.78. The van der Waals surface area contributed by atoms with Crippen LogP contribution in [0.3, 0.4) is 0 Å². The third-order valence-corrected chi connectivity index (χ3v) is 4.63. The number of halogens is 4. The molecule has 2 saturated carbocycles. The van der Waals surface area contributed by atoms with E-state index in [1.807, 2.05) is 0 Å². The zero-order chi connectivity index (χ0) is 12.4. The third kappa shape index (κ3) is 1.48. The van der Waals surface area contributed by atoms with E-state index in [1.165, 1.54) is 0 Å². The van der Waals surface area contributed by atoms with E-state index in [9.17, 15) is 17.6 Å². The topological polar surface area (TPSA) is 0 Å². The third-order valence-electron chi connectivity index (χ3n) is 4.63. The van der Waals surface area contributed by atoms with Crippen LogP contribution in [0, 0.1) is 16.7 Å². The molecule has 1 spiro atoms. The van der Waals surface area contributed by atoms with Gasteiger partial charge in [-0.15, -0.1) is 0 Å². The zero-order valence-corrected chi connectivity index (χ0v) is 9.92. The molecule has 0 aromatic rings. The van der Waals surface area contributed by atoms with Gasteiger partial charge >= 0.3 is 0 Å². The predicted molar refractivity (Wildman–Crippen MR) is 53.7 cm³/mol. The lowest BCUT2D eigenvalue weighted by Gasteiger charge is -2.66. The normalized spacial score (nSPS) is 30.0. The van der Waals surface area contributed by atoms with Crippen LogP contribution in [0.2, 0.25) is 0 Å². The summed E-state index contributed by atoms with van der Waals surface area (Å²) in [6.07, 6.45) is 0.141. The van der Waals surface area contributed by atoms with Crippen LogP contribution in [-0.4, -0.2) is 11.8 Å². The van der Waals surface area contributed by atoms with Crippen molar-refractivity contribution in [3.05, 3.63) is 0 Å².